The molecule has 1 aliphatic rings. The Bertz CT molecular complexity index is 613. The van der Waals surface area contributed by atoms with Crippen molar-refractivity contribution in [2.45, 2.75) is 24.1 Å². The van der Waals surface area contributed by atoms with Crippen molar-refractivity contribution in [1.82, 2.24) is 14.3 Å². The third-order valence-corrected chi connectivity index (χ3v) is 6.33. The van der Waals surface area contributed by atoms with E-state index in [0.717, 1.165) is 43.1 Å². The van der Waals surface area contributed by atoms with Crippen molar-refractivity contribution < 1.29 is 5.21 Å². The van der Waals surface area contributed by atoms with Crippen LogP contribution in [0.5, 0.6) is 0 Å². The van der Waals surface area contributed by atoms with Gasteiger partial charge in [-0.05, 0) is 19.1 Å². The van der Waals surface area contributed by atoms with Crippen LogP contribution in [0.4, 0.5) is 0 Å². The summed E-state index contributed by atoms with van der Waals surface area (Å²) in [6, 6.07) is 0. The highest BCUT2D eigenvalue weighted by Crippen LogP contribution is 2.35. The second-order valence-corrected chi connectivity index (χ2v) is 7.35. The summed E-state index contributed by atoms with van der Waals surface area (Å²) >= 11 is 3.33. The van der Waals surface area contributed by atoms with Gasteiger partial charge in [0, 0.05) is 37.4 Å². The largest absolute Gasteiger partial charge is 0.409 e. The molecule has 0 aliphatic carbocycles. The SMILES string of the molecule is CSC1(/C(N)=N/O)CCN(Cc2cn3ccsc3n2)CC1. The zero-order valence-electron chi connectivity index (χ0n) is 11.9. The number of thiazole rings is 1. The van der Waals surface area contributed by atoms with Gasteiger partial charge in [-0.25, -0.2) is 4.98 Å². The first-order chi connectivity index (χ1) is 10.2. The minimum absolute atomic E-state index is 0.222. The van der Waals surface area contributed by atoms with Crippen molar-refractivity contribution in [3.8, 4) is 0 Å². The van der Waals surface area contributed by atoms with Gasteiger partial charge in [-0.2, -0.15) is 11.8 Å². The lowest BCUT2D eigenvalue weighted by Gasteiger charge is -2.39. The fourth-order valence-corrected chi connectivity index (χ4v) is 4.37. The van der Waals surface area contributed by atoms with Crippen molar-refractivity contribution >= 4 is 33.9 Å². The van der Waals surface area contributed by atoms with Gasteiger partial charge < -0.3 is 10.9 Å². The van der Waals surface area contributed by atoms with E-state index in [1.165, 1.54) is 0 Å². The van der Waals surface area contributed by atoms with Gasteiger partial charge >= 0.3 is 0 Å². The summed E-state index contributed by atoms with van der Waals surface area (Å²) in [7, 11) is 0. The molecule has 6 nitrogen and oxygen atoms in total. The van der Waals surface area contributed by atoms with Gasteiger partial charge in [0.25, 0.3) is 0 Å². The lowest BCUT2D eigenvalue weighted by Crippen LogP contribution is -2.49. The van der Waals surface area contributed by atoms with Crippen molar-refractivity contribution in [2.75, 3.05) is 19.3 Å². The molecule has 0 unspecified atom stereocenters. The van der Waals surface area contributed by atoms with E-state index in [0.29, 0.717) is 5.84 Å². The molecule has 114 valence electrons. The Balaban J connectivity index is 1.64. The first-order valence-corrected chi connectivity index (χ1v) is 8.94. The molecule has 0 aromatic carbocycles. The molecule has 1 fully saturated rings. The molecule has 1 aliphatic heterocycles. The summed E-state index contributed by atoms with van der Waals surface area (Å²) in [6.07, 6.45) is 7.94. The van der Waals surface area contributed by atoms with Crippen molar-refractivity contribution in [1.29, 1.82) is 0 Å². The highest BCUT2D eigenvalue weighted by atomic mass is 32.2. The van der Waals surface area contributed by atoms with Crippen LogP contribution in [0.15, 0.2) is 22.9 Å². The molecule has 0 atom stereocenters. The smallest absolute Gasteiger partial charge is 0.193 e. The molecule has 21 heavy (non-hydrogen) atoms. The molecule has 1 saturated heterocycles. The number of fused-ring (bicyclic) bond motifs is 1. The van der Waals surface area contributed by atoms with Gasteiger partial charge in [0.1, 0.15) is 0 Å². The van der Waals surface area contributed by atoms with E-state index in [-0.39, 0.29) is 4.75 Å². The lowest BCUT2D eigenvalue weighted by atomic mass is 9.94. The fourth-order valence-electron chi connectivity index (χ4n) is 2.81. The first-order valence-electron chi connectivity index (χ1n) is 6.83. The fraction of sp³-hybridized carbons (Fsp3) is 0.538. The van der Waals surface area contributed by atoms with Crippen LogP contribution in [0.25, 0.3) is 4.96 Å². The number of piperidine rings is 1. The summed E-state index contributed by atoms with van der Waals surface area (Å²) in [6.45, 7) is 2.72. The number of nitrogens with zero attached hydrogens (tertiary/aromatic N) is 4. The molecule has 0 spiro atoms. The number of hydrogen-bond donors (Lipinski definition) is 2. The average molecular weight is 325 g/mol. The first kappa shape index (κ1) is 14.7. The third-order valence-electron chi connectivity index (χ3n) is 4.16. The molecule has 0 amide bonds. The lowest BCUT2D eigenvalue weighted by molar-refractivity contribution is 0.207. The summed E-state index contributed by atoms with van der Waals surface area (Å²) < 4.78 is 1.84. The maximum Gasteiger partial charge on any atom is 0.193 e. The quantitative estimate of drug-likeness (QED) is 0.388. The van der Waals surface area contributed by atoms with Gasteiger partial charge in [0.05, 0.1) is 10.4 Å². The molecular weight excluding hydrogens is 306 g/mol. The van der Waals surface area contributed by atoms with Crippen molar-refractivity contribution in [2.24, 2.45) is 10.9 Å². The number of amidine groups is 1. The Morgan fingerprint density at radius 2 is 2.33 bits per heavy atom. The number of likely N-dealkylation sites (tertiary alicyclic amines) is 1. The minimum atomic E-state index is -0.222. The predicted octanol–water partition coefficient (Wildman–Crippen LogP) is 1.84. The van der Waals surface area contributed by atoms with E-state index in [1.54, 1.807) is 23.1 Å². The van der Waals surface area contributed by atoms with E-state index < -0.39 is 0 Å². The standard InChI is InChI=1S/C13H19N5OS2/c1-20-13(11(14)16-19)2-4-17(5-3-13)8-10-9-18-6-7-21-12(18)15-10/h6-7,9,19H,2-5,8H2,1H3,(H2,14,16). The number of hydrogen-bond acceptors (Lipinski definition) is 6. The second-order valence-electron chi connectivity index (χ2n) is 5.28. The van der Waals surface area contributed by atoms with Crippen LogP contribution in [-0.2, 0) is 6.54 Å². The van der Waals surface area contributed by atoms with Crippen LogP contribution < -0.4 is 5.73 Å². The Morgan fingerprint density at radius 3 is 2.95 bits per heavy atom. The number of nitrogens with two attached hydrogens (primary N) is 1. The number of thioether (sulfide) groups is 1. The van der Waals surface area contributed by atoms with E-state index in [1.807, 2.05) is 17.8 Å². The highest BCUT2D eigenvalue weighted by molar-refractivity contribution is 8.00. The summed E-state index contributed by atoms with van der Waals surface area (Å²) in [5.74, 6) is 0.345. The van der Waals surface area contributed by atoms with E-state index >= 15 is 0 Å². The minimum Gasteiger partial charge on any atom is -0.409 e. The number of oxime groups is 1. The maximum absolute atomic E-state index is 8.97. The normalized spacial score (nSPS) is 20.1. The monoisotopic (exact) mass is 325 g/mol. The molecule has 8 heteroatoms. The summed E-state index contributed by atoms with van der Waals surface area (Å²) in [5, 5.41) is 14.2. The summed E-state index contributed by atoms with van der Waals surface area (Å²) in [5.41, 5.74) is 6.97. The van der Waals surface area contributed by atoms with Crippen LogP contribution >= 0.6 is 23.1 Å². The van der Waals surface area contributed by atoms with Gasteiger partial charge in [-0.1, -0.05) is 5.16 Å². The molecule has 2 aromatic heterocycles. The summed E-state index contributed by atoms with van der Waals surface area (Å²) in [4.78, 5) is 8.04. The van der Waals surface area contributed by atoms with E-state index in [4.69, 9.17) is 10.9 Å². The van der Waals surface area contributed by atoms with Crippen LogP contribution in [0.1, 0.15) is 18.5 Å². The molecular formula is C13H19N5OS2. The number of rotatable bonds is 4. The Kier molecular flexibility index (Phi) is 4.10. The predicted molar refractivity (Wildman–Crippen MR) is 87.2 cm³/mol. The van der Waals surface area contributed by atoms with Crippen LogP contribution in [0.2, 0.25) is 0 Å². The second kappa shape index (κ2) is 5.86. The average Bonchev–Trinajstić information content (AvgIpc) is 3.08. The topological polar surface area (TPSA) is 79.2 Å². The van der Waals surface area contributed by atoms with Crippen molar-refractivity contribution in [3.05, 3.63) is 23.5 Å². The van der Waals surface area contributed by atoms with Crippen molar-refractivity contribution in [3.63, 3.8) is 0 Å². The van der Waals surface area contributed by atoms with Gasteiger partial charge in [-0.3, -0.25) is 9.30 Å². The molecule has 3 heterocycles. The Labute approximate surface area is 131 Å². The molecule has 3 rings (SSSR count). The van der Waals surface area contributed by atoms with Crippen LogP contribution in [0, 0.1) is 0 Å². The maximum atomic E-state index is 8.97. The molecule has 0 bridgehead atoms. The van der Waals surface area contributed by atoms with Crippen LogP contribution in [-0.4, -0.2) is 49.4 Å². The molecule has 2 aromatic rings. The third kappa shape index (κ3) is 2.75. The Morgan fingerprint density at radius 1 is 1.57 bits per heavy atom. The van der Waals surface area contributed by atoms with Gasteiger partial charge in [-0.15, -0.1) is 11.3 Å². The number of aromatic nitrogens is 2. The Hall–Kier alpha value is -1.25. The number of imidazole rings is 1. The van der Waals surface area contributed by atoms with Gasteiger partial charge in [0.2, 0.25) is 0 Å². The molecule has 3 N–H and O–H groups in total. The highest BCUT2D eigenvalue weighted by Gasteiger charge is 2.38. The van der Waals surface area contributed by atoms with Crippen LogP contribution in [0.3, 0.4) is 0 Å². The molecule has 0 saturated carbocycles. The van der Waals surface area contributed by atoms with Gasteiger partial charge in [0.15, 0.2) is 10.8 Å². The zero-order valence-corrected chi connectivity index (χ0v) is 13.5. The van der Waals surface area contributed by atoms with E-state index in [9.17, 15) is 0 Å². The van der Waals surface area contributed by atoms with E-state index in [2.05, 4.69) is 25.6 Å². The molecule has 0 radical (unpaired) electrons. The zero-order chi connectivity index (χ0) is 14.9.